The lowest BCUT2D eigenvalue weighted by molar-refractivity contribution is -0.275. The maximum Gasteiger partial charge on any atom is 0.573 e. The molecule has 0 fully saturated rings. The third-order valence-corrected chi connectivity index (χ3v) is 4.05. The van der Waals surface area contributed by atoms with Gasteiger partial charge in [0.25, 0.3) is 0 Å². The maximum atomic E-state index is 12.8. The first-order valence-electron chi connectivity index (χ1n) is 8.42. The van der Waals surface area contributed by atoms with Crippen LogP contribution < -0.4 is 15.2 Å². The fourth-order valence-electron chi connectivity index (χ4n) is 2.92. The summed E-state index contributed by atoms with van der Waals surface area (Å²) in [5.41, 5.74) is 6.49. The van der Waals surface area contributed by atoms with E-state index >= 15 is 0 Å². The first kappa shape index (κ1) is 21.3. The third-order valence-electron chi connectivity index (χ3n) is 4.05. The molecule has 1 aromatic heterocycles. The SMILES string of the molecule is Cc1nc(N)c(-c2ccccc2OC(F)(F)F)cc1-c1ccccc1OC(F)(F)F. The summed E-state index contributed by atoms with van der Waals surface area (Å²) in [5.74, 6) is -1.11. The molecule has 0 bridgehead atoms. The highest BCUT2D eigenvalue weighted by Crippen LogP contribution is 2.41. The van der Waals surface area contributed by atoms with Crippen LogP contribution in [0.1, 0.15) is 5.69 Å². The molecule has 1 heterocycles. The number of alkyl halides is 6. The van der Waals surface area contributed by atoms with E-state index < -0.39 is 24.2 Å². The average molecular weight is 428 g/mol. The van der Waals surface area contributed by atoms with Gasteiger partial charge in [0.15, 0.2) is 0 Å². The van der Waals surface area contributed by atoms with Gasteiger partial charge in [-0.1, -0.05) is 36.4 Å². The molecular weight excluding hydrogens is 414 g/mol. The standard InChI is InChI=1S/C20H14F6N2O2/c1-11-14(12-6-2-4-8-16(12)29-19(21,22)23)10-15(18(27)28-11)13-7-3-5-9-17(13)30-20(24,25)26/h2-10H,1H3,(H2,27,28). The Labute approximate surface area is 166 Å². The highest BCUT2D eigenvalue weighted by atomic mass is 19.4. The van der Waals surface area contributed by atoms with Crippen LogP contribution in [0.5, 0.6) is 11.5 Å². The van der Waals surface area contributed by atoms with Gasteiger partial charge in [0.1, 0.15) is 17.3 Å². The molecule has 0 unspecified atom stereocenters. The highest BCUT2D eigenvalue weighted by molar-refractivity contribution is 5.85. The monoisotopic (exact) mass is 428 g/mol. The van der Waals surface area contributed by atoms with E-state index in [4.69, 9.17) is 5.73 Å². The summed E-state index contributed by atoms with van der Waals surface area (Å²) in [6.07, 6.45) is -9.87. The van der Waals surface area contributed by atoms with Crippen molar-refractivity contribution in [1.82, 2.24) is 4.98 Å². The van der Waals surface area contributed by atoms with Crippen LogP contribution in [0.3, 0.4) is 0 Å². The van der Waals surface area contributed by atoms with Crippen LogP contribution >= 0.6 is 0 Å². The normalized spacial score (nSPS) is 12.0. The summed E-state index contributed by atoms with van der Waals surface area (Å²) in [5, 5.41) is 0. The van der Waals surface area contributed by atoms with Crippen LogP contribution in [0.15, 0.2) is 54.6 Å². The number of nitrogens with two attached hydrogens (primary N) is 1. The molecule has 0 spiro atoms. The lowest BCUT2D eigenvalue weighted by Gasteiger charge is -2.18. The van der Waals surface area contributed by atoms with Crippen LogP contribution in [0.4, 0.5) is 32.2 Å². The minimum Gasteiger partial charge on any atom is -0.405 e. The predicted molar refractivity (Wildman–Crippen MR) is 97.6 cm³/mol. The molecule has 3 rings (SSSR count). The van der Waals surface area contributed by atoms with Gasteiger partial charge in [-0.2, -0.15) is 0 Å². The molecule has 0 aliphatic heterocycles. The second kappa shape index (κ2) is 7.77. The number of benzene rings is 2. The van der Waals surface area contributed by atoms with Gasteiger partial charge in [0.2, 0.25) is 0 Å². The fraction of sp³-hybridized carbons (Fsp3) is 0.150. The van der Waals surface area contributed by atoms with E-state index in [2.05, 4.69) is 14.5 Å². The number of para-hydroxylation sites is 2. The quantitative estimate of drug-likeness (QED) is 0.510. The van der Waals surface area contributed by atoms with Crippen molar-refractivity contribution in [2.45, 2.75) is 19.6 Å². The Morgan fingerprint density at radius 3 is 1.60 bits per heavy atom. The third kappa shape index (κ3) is 4.94. The highest BCUT2D eigenvalue weighted by Gasteiger charge is 2.33. The van der Waals surface area contributed by atoms with Gasteiger partial charge in [0, 0.05) is 27.9 Å². The zero-order valence-electron chi connectivity index (χ0n) is 15.3. The Kier molecular flexibility index (Phi) is 5.51. The van der Waals surface area contributed by atoms with Crippen LogP contribution in [0, 0.1) is 6.92 Å². The maximum absolute atomic E-state index is 12.8. The van der Waals surface area contributed by atoms with Crippen molar-refractivity contribution in [3.05, 3.63) is 60.3 Å². The van der Waals surface area contributed by atoms with Crippen molar-refractivity contribution in [1.29, 1.82) is 0 Å². The Bertz CT molecular complexity index is 983. The second-order valence-corrected chi connectivity index (χ2v) is 6.14. The molecule has 0 aliphatic rings. The Morgan fingerprint density at radius 2 is 1.13 bits per heavy atom. The van der Waals surface area contributed by atoms with Gasteiger partial charge in [-0.25, -0.2) is 4.98 Å². The molecule has 0 radical (unpaired) electrons. The van der Waals surface area contributed by atoms with Crippen LogP contribution in [0.2, 0.25) is 0 Å². The van der Waals surface area contributed by atoms with Crippen molar-refractivity contribution in [3.63, 3.8) is 0 Å². The molecule has 30 heavy (non-hydrogen) atoms. The lowest BCUT2D eigenvalue weighted by Crippen LogP contribution is -2.18. The first-order chi connectivity index (χ1) is 13.9. The number of rotatable bonds is 4. The van der Waals surface area contributed by atoms with E-state index in [0.717, 1.165) is 12.1 Å². The summed E-state index contributed by atoms with van der Waals surface area (Å²) in [6.45, 7) is 1.51. The number of nitrogen functional groups attached to an aromatic ring is 1. The first-order valence-corrected chi connectivity index (χ1v) is 8.42. The fourth-order valence-corrected chi connectivity index (χ4v) is 2.92. The minimum atomic E-state index is -4.95. The number of hydrogen-bond donors (Lipinski definition) is 1. The van der Waals surface area contributed by atoms with Crippen molar-refractivity contribution < 1.29 is 35.8 Å². The van der Waals surface area contributed by atoms with Crippen molar-refractivity contribution in [3.8, 4) is 33.8 Å². The molecule has 4 nitrogen and oxygen atoms in total. The van der Waals surface area contributed by atoms with Gasteiger partial charge in [-0.05, 0) is 25.1 Å². The number of pyridine rings is 1. The summed E-state index contributed by atoms with van der Waals surface area (Å²) in [6, 6.07) is 12.0. The molecule has 158 valence electrons. The van der Waals surface area contributed by atoms with E-state index in [1.807, 2.05) is 0 Å². The topological polar surface area (TPSA) is 57.4 Å². The van der Waals surface area contributed by atoms with E-state index in [9.17, 15) is 26.3 Å². The number of halogens is 6. The number of hydrogen-bond acceptors (Lipinski definition) is 4. The number of aryl methyl sites for hydroxylation is 1. The predicted octanol–water partition coefficient (Wildman–Crippen LogP) is 6.10. The molecule has 2 aromatic carbocycles. The van der Waals surface area contributed by atoms with E-state index in [1.165, 1.54) is 49.4 Å². The number of anilines is 1. The van der Waals surface area contributed by atoms with Crippen LogP contribution in [0.25, 0.3) is 22.3 Å². The van der Waals surface area contributed by atoms with Gasteiger partial charge in [-0.3, -0.25) is 0 Å². The van der Waals surface area contributed by atoms with Crippen LogP contribution in [-0.4, -0.2) is 17.7 Å². The summed E-state index contributed by atoms with van der Waals surface area (Å²) in [7, 11) is 0. The molecule has 3 aromatic rings. The van der Waals surface area contributed by atoms with Crippen molar-refractivity contribution in [2.24, 2.45) is 0 Å². The second-order valence-electron chi connectivity index (χ2n) is 6.14. The molecule has 0 aliphatic carbocycles. The zero-order valence-corrected chi connectivity index (χ0v) is 15.3. The van der Waals surface area contributed by atoms with Crippen LogP contribution in [-0.2, 0) is 0 Å². The Morgan fingerprint density at radius 1 is 0.700 bits per heavy atom. The lowest BCUT2D eigenvalue weighted by atomic mass is 9.97. The summed E-state index contributed by atoms with van der Waals surface area (Å²) in [4.78, 5) is 4.11. The van der Waals surface area contributed by atoms with Crippen molar-refractivity contribution >= 4 is 5.82 Å². The Balaban J connectivity index is 2.17. The van der Waals surface area contributed by atoms with Gasteiger partial charge < -0.3 is 15.2 Å². The molecule has 2 N–H and O–H groups in total. The number of ether oxygens (including phenoxy) is 2. The number of aromatic nitrogens is 1. The summed E-state index contributed by atoms with van der Waals surface area (Å²) < 4.78 is 84.7. The van der Waals surface area contributed by atoms with Gasteiger partial charge in [-0.15, -0.1) is 26.3 Å². The van der Waals surface area contributed by atoms with E-state index in [1.54, 1.807) is 0 Å². The molecule has 0 amide bonds. The molecular formula is C20H14F6N2O2. The number of nitrogens with zero attached hydrogens (tertiary/aromatic N) is 1. The minimum absolute atomic E-state index is 0.0182. The molecule has 10 heteroatoms. The van der Waals surface area contributed by atoms with Gasteiger partial charge in [0.05, 0.1) is 0 Å². The van der Waals surface area contributed by atoms with E-state index in [-0.39, 0.29) is 33.8 Å². The van der Waals surface area contributed by atoms with E-state index in [0.29, 0.717) is 0 Å². The zero-order chi connectivity index (χ0) is 22.1. The van der Waals surface area contributed by atoms with Crippen molar-refractivity contribution in [2.75, 3.05) is 5.73 Å². The molecule has 0 saturated heterocycles. The molecule has 0 saturated carbocycles. The average Bonchev–Trinajstić information content (AvgIpc) is 2.61. The largest absolute Gasteiger partial charge is 0.573 e. The smallest absolute Gasteiger partial charge is 0.405 e. The molecule has 0 atom stereocenters. The van der Waals surface area contributed by atoms with Gasteiger partial charge >= 0.3 is 12.7 Å². The summed E-state index contributed by atoms with van der Waals surface area (Å²) >= 11 is 0. The Hall–Kier alpha value is -3.43.